The van der Waals surface area contributed by atoms with Gasteiger partial charge in [-0.2, -0.15) is 0 Å². The molecule has 0 spiro atoms. The number of ether oxygens (including phenoxy) is 1. The van der Waals surface area contributed by atoms with E-state index in [0.29, 0.717) is 24.0 Å². The maximum atomic E-state index is 12.4. The average molecular weight is 286 g/mol. The summed E-state index contributed by atoms with van der Waals surface area (Å²) in [4.78, 5) is 14.2. The number of hydrogen-bond donors (Lipinski definition) is 1. The van der Waals surface area contributed by atoms with Crippen molar-refractivity contribution in [2.45, 2.75) is 13.0 Å². The van der Waals surface area contributed by atoms with Gasteiger partial charge in [-0.3, -0.25) is 4.79 Å². The highest BCUT2D eigenvalue weighted by Gasteiger charge is 2.26. The van der Waals surface area contributed by atoms with E-state index in [-0.39, 0.29) is 11.9 Å². The first kappa shape index (κ1) is 13.7. The maximum absolute atomic E-state index is 12.4. The Morgan fingerprint density at radius 2 is 2.10 bits per heavy atom. The molecule has 0 saturated carbocycles. The number of amides is 1. The van der Waals surface area contributed by atoms with E-state index in [1.807, 2.05) is 42.2 Å². The molecule has 1 aromatic heterocycles. The summed E-state index contributed by atoms with van der Waals surface area (Å²) in [6, 6.07) is 12.8. The van der Waals surface area contributed by atoms with Gasteiger partial charge < -0.3 is 19.4 Å². The first-order valence-corrected chi connectivity index (χ1v) is 7.08. The van der Waals surface area contributed by atoms with Crippen LogP contribution in [0.4, 0.5) is 0 Å². The summed E-state index contributed by atoms with van der Waals surface area (Å²) in [6.45, 7) is 4.33. The molecule has 1 atom stereocenters. The number of hydrogen-bond acceptors (Lipinski definition) is 4. The van der Waals surface area contributed by atoms with Crippen LogP contribution in [0.15, 0.2) is 46.9 Å². The second-order valence-corrected chi connectivity index (χ2v) is 5.09. The standard InChI is InChI=1S/C16H18N2O3/c1-12-11-17-9-10-18(12)16(19)14-7-8-15(21-14)20-13-5-3-2-4-6-13/h2-8,12,17H,9-11H2,1H3/t12-/m0/s1. The fourth-order valence-corrected chi connectivity index (χ4v) is 2.38. The molecule has 5 heteroatoms. The molecule has 1 aliphatic rings. The molecule has 0 bridgehead atoms. The predicted molar refractivity (Wildman–Crippen MR) is 78.6 cm³/mol. The lowest BCUT2D eigenvalue weighted by Crippen LogP contribution is -2.52. The Morgan fingerprint density at radius 3 is 2.86 bits per heavy atom. The number of nitrogens with zero attached hydrogens (tertiary/aromatic N) is 1. The zero-order chi connectivity index (χ0) is 14.7. The van der Waals surface area contributed by atoms with E-state index in [1.165, 1.54) is 0 Å². The van der Waals surface area contributed by atoms with Crippen molar-refractivity contribution >= 4 is 5.91 Å². The van der Waals surface area contributed by atoms with Gasteiger partial charge in [0.2, 0.25) is 0 Å². The number of benzene rings is 1. The van der Waals surface area contributed by atoms with E-state index >= 15 is 0 Å². The average Bonchev–Trinajstić information content (AvgIpc) is 2.97. The number of carbonyl (C=O) groups excluding carboxylic acids is 1. The van der Waals surface area contributed by atoms with Gasteiger partial charge >= 0.3 is 0 Å². The molecule has 1 saturated heterocycles. The molecule has 2 heterocycles. The van der Waals surface area contributed by atoms with Gasteiger partial charge in [0, 0.05) is 31.7 Å². The van der Waals surface area contributed by atoms with Gasteiger partial charge in [0.25, 0.3) is 11.9 Å². The molecule has 1 amide bonds. The number of para-hydroxylation sites is 1. The van der Waals surface area contributed by atoms with E-state index in [4.69, 9.17) is 9.15 Å². The summed E-state index contributed by atoms with van der Waals surface area (Å²) in [6.07, 6.45) is 0. The van der Waals surface area contributed by atoms with E-state index in [0.717, 1.165) is 13.1 Å². The fourth-order valence-electron chi connectivity index (χ4n) is 2.38. The van der Waals surface area contributed by atoms with Crippen LogP contribution in [0.3, 0.4) is 0 Å². The summed E-state index contributed by atoms with van der Waals surface area (Å²) in [7, 11) is 0. The van der Waals surface area contributed by atoms with E-state index in [2.05, 4.69) is 5.32 Å². The van der Waals surface area contributed by atoms with E-state index in [9.17, 15) is 4.79 Å². The number of carbonyl (C=O) groups is 1. The summed E-state index contributed by atoms with van der Waals surface area (Å²) in [5.41, 5.74) is 0. The van der Waals surface area contributed by atoms with Crippen LogP contribution in [0.1, 0.15) is 17.5 Å². The van der Waals surface area contributed by atoms with Crippen LogP contribution in [0.2, 0.25) is 0 Å². The highest BCUT2D eigenvalue weighted by atomic mass is 16.6. The molecule has 5 nitrogen and oxygen atoms in total. The van der Waals surface area contributed by atoms with Gasteiger partial charge in [-0.25, -0.2) is 0 Å². The van der Waals surface area contributed by atoms with E-state index in [1.54, 1.807) is 12.1 Å². The molecule has 1 fully saturated rings. The van der Waals surface area contributed by atoms with Crippen molar-refractivity contribution in [1.29, 1.82) is 0 Å². The molecule has 0 unspecified atom stereocenters. The normalized spacial score (nSPS) is 18.5. The Balaban J connectivity index is 1.71. The van der Waals surface area contributed by atoms with Crippen molar-refractivity contribution in [3.8, 4) is 11.7 Å². The van der Waals surface area contributed by atoms with Crippen LogP contribution in [0.25, 0.3) is 0 Å². The number of piperazine rings is 1. The molecule has 0 radical (unpaired) electrons. The summed E-state index contributed by atoms with van der Waals surface area (Å²) in [5, 5.41) is 3.26. The smallest absolute Gasteiger partial charge is 0.290 e. The number of rotatable bonds is 3. The van der Waals surface area contributed by atoms with Crippen LogP contribution in [-0.2, 0) is 0 Å². The maximum Gasteiger partial charge on any atom is 0.290 e. The molecule has 1 aromatic carbocycles. The third-order valence-electron chi connectivity index (χ3n) is 3.52. The van der Waals surface area contributed by atoms with Gasteiger partial charge in [0.15, 0.2) is 5.76 Å². The van der Waals surface area contributed by atoms with Gasteiger partial charge in [-0.1, -0.05) is 18.2 Å². The second-order valence-electron chi connectivity index (χ2n) is 5.09. The summed E-state index contributed by atoms with van der Waals surface area (Å²) in [5.74, 6) is 1.23. The minimum absolute atomic E-state index is 0.0908. The Morgan fingerprint density at radius 1 is 1.29 bits per heavy atom. The molecule has 2 aromatic rings. The van der Waals surface area contributed by atoms with Gasteiger partial charge in [-0.15, -0.1) is 0 Å². The second kappa shape index (κ2) is 6.01. The first-order valence-electron chi connectivity index (χ1n) is 7.08. The topological polar surface area (TPSA) is 54.7 Å². The predicted octanol–water partition coefficient (Wildman–Crippen LogP) is 2.51. The van der Waals surface area contributed by atoms with Crippen LogP contribution >= 0.6 is 0 Å². The Labute approximate surface area is 123 Å². The number of nitrogens with one attached hydrogen (secondary N) is 1. The molecule has 110 valence electrons. The highest BCUT2D eigenvalue weighted by Crippen LogP contribution is 2.24. The van der Waals surface area contributed by atoms with Crippen LogP contribution in [0, 0.1) is 0 Å². The van der Waals surface area contributed by atoms with Crippen molar-refractivity contribution in [1.82, 2.24) is 10.2 Å². The Kier molecular flexibility index (Phi) is 3.92. The van der Waals surface area contributed by atoms with Crippen LogP contribution in [0.5, 0.6) is 11.7 Å². The summed E-state index contributed by atoms with van der Waals surface area (Å²) >= 11 is 0. The van der Waals surface area contributed by atoms with Crippen LogP contribution < -0.4 is 10.1 Å². The molecule has 21 heavy (non-hydrogen) atoms. The lowest BCUT2D eigenvalue weighted by molar-refractivity contribution is 0.0618. The lowest BCUT2D eigenvalue weighted by atomic mass is 10.2. The zero-order valence-corrected chi connectivity index (χ0v) is 11.9. The minimum atomic E-state index is -0.0908. The minimum Gasteiger partial charge on any atom is -0.426 e. The van der Waals surface area contributed by atoms with Crippen molar-refractivity contribution < 1.29 is 13.9 Å². The number of furan rings is 1. The SMILES string of the molecule is C[C@H]1CNCCN1C(=O)c1ccc(Oc2ccccc2)o1. The largest absolute Gasteiger partial charge is 0.426 e. The van der Waals surface area contributed by atoms with Crippen molar-refractivity contribution in [3.05, 3.63) is 48.2 Å². The van der Waals surface area contributed by atoms with Crippen molar-refractivity contribution in [2.75, 3.05) is 19.6 Å². The van der Waals surface area contributed by atoms with Gasteiger partial charge in [0.05, 0.1) is 0 Å². The van der Waals surface area contributed by atoms with Gasteiger partial charge in [-0.05, 0) is 25.1 Å². The quantitative estimate of drug-likeness (QED) is 0.942. The monoisotopic (exact) mass is 286 g/mol. The van der Waals surface area contributed by atoms with Crippen molar-refractivity contribution in [2.24, 2.45) is 0 Å². The summed E-state index contributed by atoms with van der Waals surface area (Å²) < 4.78 is 11.1. The first-order chi connectivity index (χ1) is 10.2. The molecular formula is C16H18N2O3. The van der Waals surface area contributed by atoms with Gasteiger partial charge in [0.1, 0.15) is 5.75 Å². The zero-order valence-electron chi connectivity index (χ0n) is 11.9. The third kappa shape index (κ3) is 3.08. The third-order valence-corrected chi connectivity index (χ3v) is 3.52. The van der Waals surface area contributed by atoms with E-state index < -0.39 is 0 Å². The molecule has 0 aliphatic carbocycles. The van der Waals surface area contributed by atoms with Crippen molar-refractivity contribution in [3.63, 3.8) is 0 Å². The molecule has 1 N–H and O–H groups in total. The van der Waals surface area contributed by atoms with Crippen LogP contribution in [-0.4, -0.2) is 36.5 Å². The molecular weight excluding hydrogens is 268 g/mol. The Hall–Kier alpha value is -2.27. The lowest BCUT2D eigenvalue weighted by Gasteiger charge is -2.33. The molecule has 1 aliphatic heterocycles. The fraction of sp³-hybridized carbons (Fsp3) is 0.312. The Bertz CT molecular complexity index is 609. The highest BCUT2D eigenvalue weighted by molar-refractivity contribution is 5.92. The molecule has 3 rings (SSSR count).